The van der Waals surface area contributed by atoms with Crippen molar-refractivity contribution >= 4 is 0 Å². The van der Waals surface area contributed by atoms with Gasteiger partial charge in [-0.1, -0.05) is 42.5 Å². The van der Waals surface area contributed by atoms with E-state index in [4.69, 9.17) is 4.74 Å². The van der Waals surface area contributed by atoms with Crippen LogP contribution in [0.2, 0.25) is 0 Å². The maximum atomic E-state index is 9.57. The Kier molecular flexibility index (Phi) is 5.09. The topological polar surface area (TPSA) is 32.7 Å². The van der Waals surface area contributed by atoms with Crippen LogP contribution >= 0.6 is 0 Å². The van der Waals surface area contributed by atoms with Crippen molar-refractivity contribution in [1.29, 1.82) is 0 Å². The summed E-state index contributed by atoms with van der Waals surface area (Å²) in [5.74, 6) is 0.901. The molecule has 3 nitrogen and oxygen atoms in total. The van der Waals surface area contributed by atoms with E-state index < -0.39 is 0 Å². The summed E-state index contributed by atoms with van der Waals surface area (Å²) >= 11 is 0. The van der Waals surface area contributed by atoms with Crippen LogP contribution in [0.3, 0.4) is 0 Å². The standard InChI is InChI=1S/C19H23NO2/c21-18-9-11-20(12-10-18)14-16-5-4-6-17(13-16)15-22-19-7-2-1-3-8-19/h1-8,13,18,21H,9-12,14-15H2. The van der Waals surface area contributed by atoms with Crippen molar-refractivity contribution in [2.75, 3.05) is 13.1 Å². The maximum absolute atomic E-state index is 9.57. The lowest BCUT2D eigenvalue weighted by Crippen LogP contribution is -2.35. The molecule has 0 atom stereocenters. The Morgan fingerprint density at radius 1 is 0.955 bits per heavy atom. The molecular weight excluding hydrogens is 274 g/mol. The van der Waals surface area contributed by atoms with Gasteiger partial charge in [0.05, 0.1) is 6.10 Å². The highest BCUT2D eigenvalue weighted by Gasteiger charge is 2.16. The van der Waals surface area contributed by atoms with Gasteiger partial charge in [-0.2, -0.15) is 0 Å². The average molecular weight is 297 g/mol. The first-order chi connectivity index (χ1) is 10.8. The van der Waals surface area contributed by atoms with E-state index in [1.165, 1.54) is 11.1 Å². The Balaban J connectivity index is 1.55. The van der Waals surface area contributed by atoms with Gasteiger partial charge in [0.15, 0.2) is 0 Å². The lowest BCUT2D eigenvalue weighted by Gasteiger charge is -2.29. The Morgan fingerprint density at radius 3 is 2.45 bits per heavy atom. The third-order valence-electron chi connectivity index (χ3n) is 4.10. The fourth-order valence-electron chi connectivity index (χ4n) is 2.84. The smallest absolute Gasteiger partial charge is 0.119 e. The Bertz CT molecular complexity index is 577. The molecule has 0 spiro atoms. The Hall–Kier alpha value is -1.84. The molecule has 3 heteroatoms. The number of aliphatic hydroxyl groups is 1. The first-order valence-corrected chi connectivity index (χ1v) is 7.96. The molecule has 1 fully saturated rings. The molecule has 1 heterocycles. The highest BCUT2D eigenvalue weighted by Crippen LogP contribution is 2.16. The lowest BCUT2D eigenvalue weighted by atomic mass is 10.1. The number of rotatable bonds is 5. The normalized spacial score (nSPS) is 16.6. The van der Waals surface area contributed by atoms with Crippen LogP contribution in [-0.2, 0) is 13.2 Å². The van der Waals surface area contributed by atoms with Crippen molar-refractivity contribution in [2.45, 2.75) is 32.1 Å². The summed E-state index contributed by atoms with van der Waals surface area (Å²) in [6.07, 6.45) is 1.66. The van der Waals surface area contributed by atoms with Gasteiger partial charge in [-0.15, -0.1) is 0 Å². The zero-order valence-corrected chi connectivity index (χ0v) is 12.8. The van der Waals surface area contributed by atoms with Crippen LogP contribution in [-0.4, -0.2) is 29.2 Å². The third kappa shape index (κ3) is 4.33. The molecule has 0 amide bonds. The van der Waals surface area contributed by atoms with Crippen LogP contribution in [0.5, 0.6) is 5.75 Å². The van der Waals surface area contributed by atoms with Crippen LogP contribution in [0.15, 0.2) is 54.6 Å². The molecule has 0 aliphatic carbocycles. The molecule has 1 aliphatic rings. The van der Waals surface area contributed by atoms with E-state index >= 15 is 0 Å². The molecule has 2 aromatic rings. The predicted molar refractivity (Wildman–Crippen MR) is 87.7 cm³/mol. The maximum Gasteiger partial charge on any atom is 0.119 e. The van der Waals surface area contributed by atoms with Gasteiger partial charge in [-0.25, -0.2) is 0 Å². The second-order valence-corrected chi connectivity index (χ2v) is 5.93. The summed E-state index contributed by atoms with van der Waals surface area (Å²) in [4.78, 5) is 2.41. The number of nitrogens with zero attached hydrogens (tertiary/aromatic N) is 1. The predicted octanol–water partition coefficient (Wildman–Crippen LogP) is 3.22. The second kappa shape index (κ2) is 7.43. The van der Waals surface area contributed by atoms with Gasteiger partial charge in [-0.05, 0) is 36.1 Å². The molecule has 22 heavy (non-hydrogen) atoms. The van der Waals surface area contributed by atoms with E-state index in [0.717, 1.165) is 38.2 Å². The van der Waals surface area contributed by atoms with Gasteiger partial charge in [0.2, 0.25) is 0 Å². The van der Waals surface area contributed by atoms with Crippen molar-refractivity contribution in [3.63, 3.8) is 0 Å². The van der Waals surface area contributed by atoms with Crippen LogP contribution in [0.4, 0.5) is 0 Å². The minimum atomic E-state index is -0.109. The minimum Gasteiger partial charge on any atom is -0.489 e. The van der Waals surface area contributed by atoms with Gasteiger partial charge in [0.1, 0.15) is 12.4 Å². The first kappa shape index (κ1) is 15.1. The summed E-state index contributed by atoms with van der Waals surface area (Å²) in [6.45, 7) is 3.50. The van der Waals surface area contributed by atoms with Crippen molar-refractivity contribution in [1.82, 2.24) is 4.90 Å². The first-order valence-electron chi connectivity index (χ1n) is 7.96. The molecule has 0 radical (unpaired) electrons. The number of hydrogen-bond acceptors (Lipinski definition) is 3. The van der Waals surface area contributed by atoms with E-state index in [1.54, 1.807) is 0 Å². The molecule has 0 saturated carbocycles. The fourth-order valence-corrected chi connectivity index (χ4v) is 2.84. The third-order valence-corrected chi connectivity index (χ3v) is 4.10. The van der Waals surface area contributed by atoms with Gasteiger partial charge in [0.25, 0.3) is 0 Å². The van der Waals surface area contributed by atoms with E-state index in [0.29, 0.717) is 6.61 Å². The molecule has 0 bridgehead atoms. The zero-order valence-electron chi connectivity index (χ0n) is 12.8. The SMILES string of the molecule is OC1CCN(Cc2cccc(COc3ccccc3)c2)CC1. The van der Waals surface area contributed by atoms with Gasteiger partial charge < -0.3 is 9.84 Å². The van der Waals surface area contributed by atoms with E-state index in [-0.39, 0.29) is 6.10 Å². The lowest BCUT2D eigenvalue weighted by molar-refractivity contribution is 0.0792. The van der Waals surface area contributed by atoms with Crippen molar-refractivity contribution in [3.8, 4) is 5.75 Å². The molecule has 0 aromatic heterocycles. The zero-order chi connectivity index (χ0) is 15.2. The number of hydrogen-bond donors (Lipinski definition) is 1. The largest absolute Gasteiger partial charge is 0.489 e. The highest BCUT2D eigenvalue weighted by atomic mass is 16.5. The monoisotopic (exact) mass is 297 g/mol. The summed E-state index contributed by atoms with van der Waals surface area (Å²) in [6, 6.07) is 18.5. The van der Waals surface area contributed by atoms with Crippen molar-refractivity contribution in [3.05, 3.63) is 65.7 Å². The summed E-state index contributed by atoms with van der Waals surface area (Å²) in [5.41, 5.74) is 2.50. The van der Waals surface area contributed by atoms with E-state index in [9.17, 15) is 5.11 Å². The minimum absolute atomic E-state index is 0.109. The molecular formula is C19H23NO2. The molecule has 1 N–H and O–H groups in total. The van der Waals surface area contributed by atoms with Crippen LogP contribution in [0, 0.1) is 0 Å². The fraction of sp³-hybridized carbons (Fsp3) is 0.368. The molecule has 3 rings (SSSR count). The summed E-state index contributed by atoms with van der Waals surface area (Å²) in [5, 5.41) is 9.57. The number of piperidine rings is 1. The number of likely N-dealkylation sites (tertiary alicyclic amines) is 1. The summed E-state index contributed by atoms with van der Waals surface area (Å²) < 4.78 is 5.80. The van der Waals surface area contributed by atoms with Crippen molar-refractivity contribution in [2.24, 2.45) is 0 Å². The number of aliphatic hydroxyl groups excluding tert-OH is 1. The molecule has 1 saturated heterocycles. The molecule has 0 unspecified atom stereocenters. The van der Waals surface area contributed by atoms with Crippen LogP contribution in [0.25, 0.3) is 0 Å². The molecule has 1 aliphatic heterocycles. The van der Waals surface area contributed by atoms with Gasteiger partial charge in [-0.3, -0.25) is 4.90 Å². The van der Waals surface area contributed by atoms with Crippen LogP contribution in [0.1, 0.15) is 24.0 Å². The van der Waals surface area contributed by atoms with Gasteiger partial charge >= 0.3 is 0 Å². The number of benzene rings is 2. The number of para-hydroxylation sites is 1. The molecule has 2 aromatic carbocycles. The highest BCUT2D eigenvalue weighted by molar-refractivity contribution is 5.25. The van der Waals surface area contributed by atoms with E-state index in [1.807, 2.05) is 30.3 Å². The quantitative estimate of drug-likeness (QED) is 0.920. The average Bonchev–Trinajstić information content (AvgIpc) is 2.57. The van der Waals surface area contributed by atoms with Crippen molar-refractivity contribution < 1.29 is 9.84 Å². The van der Waals surface area contributed by atoms with Gasteiger partial charge in [0, 0.05) is 19.6 Å². The number of ether oxygens (including phenoxy) is 1. The summed E-state index contributed by atoms with van der Waals surface area (Å²) in [7, 11) is 0. The van der Waals surface area contributed by atoms with E-state index in [2.05, 4.69) is 29.2 Å². The Morgan fingerprint density at radius 2 is 1.68 bits per heavy atom. The van der Waals surface area contributed by atoms with Crippen LogP contribution < -0.4 is 4.74 Å². The molecule has 116 valence electrons. The Labute approximate surface area is 132 Å². The second-order valence-electron chi connectivity index (χ2n) is 5.93.